The summed E-state index contributed by atoms with van der Waals surface area (Å²) in [6.07, 6.45) is 0. The predicted octanol–water partition coefficient (Wildman–Crippen LogP) is 2.54. The highest BCUT2D eigenvalue weighted by atomic mass is 32.1. The first-order valence-electron chi connectivity index (χ1n) is 6.54. The molecule has 2 N–H and O–H groups in total. The van der Waals surface area contributed by atoms with E-state index in [1.54, 1.807) is 11.3 Å². The van der Waals surface area contributed by atoms with Gasteiger partial charge in [0.2, 0.25) is 0 Å². The van der Waals surface area contributed by atoms with E-state index in [1.165, 1.54) is 4.88 Å². The molecule has 0 bridgehead atoms. The quantitative estimate of drug-likeness (QED) is 0.638. The maximum atomic E-state index is 12.4. The number of nitrogens with zero attached hydrogens (tertiary/aromatic N) is 1. The Bertz CT molecular complexity index is 546. The first-order valence-corrected chi connectivity index (χ1v) is 7.76. The highest BCUT2D eigenvalue weighted by Crippen LogP contribution is 2.36. The first-order chi connectivity index (χ1) is 9.17. The Kier molecular flexibility index (Phi) is 4.07. The minimum absolute atomic E-state index is 0.207. The third-order valence-corrected chi connectivity index (χ3v) is 4.51. The van der Waals surface area contributed by atoms with Crippen LogP contribution in [0.3, 0.4) is 0 Å². The molecule has 20 heavy (non-hydrogen) atoms. The van der Waals surface area contributed by atoms with E-state index < -0.39 is 5.60 Å². The van der Waals surface area contributed by atoms with Gasteiger partial charge in [-0.05, 0) is 51.5 Å². The summed E-state index contributed by atoms with van der Waals surface area (Å²) in [6.45, 7) is 8.84. The van der Waals surface area contributed by atoms with Crippen LogP contribution >= 0.6 is 23.6 Å². The van der Waals surface area contributed by atoms with E-state index >= 15 is 0 Å². The number of rotatable bonds is 1. The maximum absolute atomic E-state index is 12.4. The summed E-state index contributed by atoms with van der Waals surface area (Å²) in [4.78, 5) is 16.6. The Morgan fingerprint density at radius 1 is 1.55 bits per heavy atom. The summed E-state index contributed by atoms with van der Waals surface area (Å²) < 4.78 is 5.53. The third kappa shape index (κ3) is 3.30. The van der Waals surface area contributed by atoms with Crippen molar-refractivity contribution in [3.05, 3.63) is 21.4 Å². The van der Waals surface area contributed by atoms with Gasteiger partial charge in [-0.3, -0.25) is 4.79 Å². The van der Waals surface area contributed by atoms with Crippen molar-refractivity contribution in [2.45, 2.75) is 45.8 Å². The van der Waals surface area contributed by atoms with E-state index in [9.17, 15) is 4.79 Å². The van der Waals surface area contributed by atoms with Crippen molar-refractivity contribution in [3.8, 4) is 0 Å². The normalized spacial score (nSPS) is 18.6. The predicted molar refractivity (Wildman–Crippen MR) is 84.8 cm³/mol. The van der Waals surface area contributed by atoms with Crippen molar-refractivity contribution < 1.29 is 9.53 Å². The molecule has 0 radical (unpaired) electrons. The molecule has 0 amide bonds. The molecular weight excluding hydrogens is 292 g/mol. The molecule has 0 fully saturated rings. The Hall–Kier alpha value is -1.14. The third-order valence-electron chi connectivity index (χ3n) is 3.05. The molecule has 6 heteroatoms. The number of carbonyl (C=O) groups excluding carboxylic acids is 1. The number of hydrogen-bond donors (Lipinski definition) is 1. The van der Waals surface area contributed by atoms with Crippen LogP contribution in [0.5, 0.6) is 0 Å². The van der Waals surface area contributed by atoms with Crippen LogP contribution in [-0.4, -0.2) is 28.1 Å². The molecule has 0 aromatic carbocycles. The van der Waals surface area contributed by atoms with Gasteiger partial charge in [-0.25, -0.2) is 0 Å². The number of thiophene rings is 1. The molecule has 2 rings (SSSR count). The fraction of sp³-hybridized carbons (Fsp3) is 0.571. The van der Waals surface area contributed by atoms with Crippen LogP contribution in [0.15, 0.2) is 6.07 Å². The number of thiocarbonyl (C=S) groups is 1. The molecule has 110 valence electrons. The number of fused-ring (bicyclic) bond motifs is 1. The SMILES string of the molecule is Cc1cc2c(s1)C(C(=O)OC(C)(C)C)CN(C(N)=S)C2. The summed E-state index contributed by atoms with van der Waals surface area (Å²) in [5, 5.41) is 0.327. The largest absolute Gasteiger partial charge is 0.459 e. The first kappa shape index (κ1) is 15.3. The van der Waals surface area contributed by atoms with Gasteiger partial charge in [-0.2, -0.15) is 0 Å². The van der Waals surface area contributed by atoms with Crippen LogP contribution in [0.1, 0.15) is 42.0 Å². The monoisotopic (exact) mass is 312 g/mol. The van der Waals surface area contributed by atoms with Crippen LogP contribution in [0, 0.1) is 6.92 Å². The molecule has 0 aliphatic carbocycles. The van der Waals surface area contributed by atoms with Crippen molar-refractivity contribution in [2.75, 3.05) is 6.54 Å². The summed E-state index contributed by atoms with van der Waals surface area (Å²) in [6, 6.07) is 2.10. The Morgan fingerprint density at radius 2 is 2.20 bits per heavy atom. The number of esters is 1. The van der Waals surface area contributed by atoms with E-state index in [4.69, 9.17) is 22.7 Å². The van der Waals surface area contributed by atoms with E-state index in [-0.39, 0.29) is 11.9 Å². The van der Waals surface area contributed by atoms with E-state index in [1.807, 2.05) is 32.6 Å². The molecule has 1 aliphatic heterocycles. The minimum atomic E-state index is -0.491. The lowest BCUT2D eigenvalue weighted by molar-refractivity contribution is -0.157. The average molecular weight is 312 g/mol. The van der Waals surface area contributed by atoms with E-state index in [2.05, 4.69) is 6.07 Å². The molecule has 0 saturated carbocycles. The Morgan fingerprint density at radius 3 is 2.75 bits per heavy atom. The molecular formula is C14H20N2O2S2. The molecule has 1 unspecified atom stereocenters. The van der Waals surface area contributed by atoms with Gasteiger partial charge < -0.3 is 15.4 Å². The zero-order valence-corrected chi connectivity index (χ0v) is 13.9. The van der Waals surface area contributed by atoms with Crippen LogP contribution in [-0.2, 0) is 16.1 Å². The molecule has 1 aromatic heterocycles. The summed E-state index contributed by atoms with van der Waals surface area (Å²) >= 11 is 6.71. The molecule has 0 saturated heterocycles. The molecule has 0 spiro atoms. The fourth-order valence-electron chi connectivity index (χ4n) is 2.30. The van der Waals surface area contributed by atoms with Crippen molar-refractivity contribution in [1.29, 1.82) is 0 Å². The van der Waals surface area contributed by atoms with E-state index in [0.717, 1.165) is 10.4 Å². The zero-order chi connectivity index (χ0) is 15.1. The van der Waals surface area contributed by atoms with E-state index in [0.29, 0.717) is 18.2 Å². The Labute approximate surface area is 128 Å². The van der Waals surface area contributed by atoms with Gasteiger partial charge in [0.25, 0.3) is 0 Å². The lowest BCUT2D eigenvalue weighted by Gasteiger charge is -2.33. The van der Waals surface area contributed by atoms with Crippen molar-refractivity contribution in [3.63, 3.8) is 0 Å². The number of ether oxygens (including phenoxy) is 1. The molecule has 1 atom stereocenters. The number of hydrogen-bond acceptors (Lipinski definition) is 4. The lowest BCUT2D eigenvalue weighted by atomic mass is 9.98. The molecule has 2 heterocycles. The van der Waals surface area contributed by atoms with Crippen LogP contribution in [0.2, 0.25) is 0 Å². The molecule has 4 nitrogen and oxygen atoms in total. The Balaban J connectivity index is 2.31. The summed E-state index contributed by atoms with van der Waals surface area (Å²) in [5.41, 5.74) is 6.37. The highest BCUT2D eigenvalue weighted by molar-refractivity contribution is 7.80. The second-order valence-corrected chi connectivity index (χ2v) is 7.76. The number of carbonyl (C=O) groups is 1. The topological polar surface area (TPSA) is 55.6 Å². The van der Waals surface area contributed by atoms with Gasteiger partial charge in [0.1, 0.15) is 11.5 Å². The van der Waals surface area contributed by atoms with Gasteiger partial charge in [-0.15, -0.1) is 11.3 Å². The van der Waals surface area contributed by atoms with Crippen molar-refractivity contribution in [1.82, 2.24) is 4.90 Å². The van der Waals surface area contributed by atoms with Crippen LogP contribution < -0.4 is 5.73 Å². The number of aryl methyl sites for hydroxylation is 1. The van der Waals surface area contributed by atoms with Crippen LogP contribution in [0.4, 0.5) is 0 Å². The zero-order valence-electron chi connectivity index (χ0n) is 12.2. The molecule has 1 aromatic rings. The summed E-state index contributed by atoms with van der Waals surface area (Å²) in [5.74, 6) is -0.514. The van der Waals surface area contributed by atoms with Gasteiger partial charge in [0, 0.05) is 22.8 Å². The molecule has 1 aliphatic rings. The van der Waals surface area contributed by atoms with Crippen molar-refractivity contribution >= 4 is 34.6 Å². The smallest absolute Gasteiger partial charge is 0.316 e. The van der Waals surface area contributed by atoms with Crippen LogP contribution in [0.25, 0.3) is 0 Å². The standard InChI is InChI=1S/C14H20N2O2S2/c1-8-5-9-6-16(13(15)19)7-10(11(9)20-8)12(17)18-14(2,3)4/h5,10H,6-7H2,1-4H3,(H2,15,19). The minimum Gasteiger partial charge on any atom is -0.459 e. The van der Waals surface area contributed by atoms with Crippen molar-refractivity contribution in [2.24, 2.45) is 5.73 Å². The van der Waals surface area contributed by atoms with Gasteiger partial charge in [0.05, 0.1) is 0 Å². The fourth-order valence-corrected chi connectivity index (χ4v) is 3.55. The second-order valence-electron chi connectivity index (χ2n) is 6.05. The lowest BCUT2D eigenvalue weighted by Crippen LogP contribution is -2.43. The maximum Gasteiger partial charge on any atom is 0.316 e. The highest BCUT2D eigenvalue weighted by Gasteiger charge is 2.35. The average Bonchev–Trinajstić information content (AvgIpc) is 2.64. The summed E-state index contributed by atoms with van der Waals surface area (Å²) in [7, 11) is 0. The number of nitrogens with two attached hydrogens (primary N) is 1. The second kappa shape index (κ2) is 5.33. The van der Waals surface area contributed by atoms with Gasteiger partial charge in [-0.1, -0.05) is 0 Å². The van der Waals surface area contributed by atoms with Gasteiger partial charge in [0.15, 0.2) is 5.11 Å². The van der Waals surface area contributed by atoms with Gasteiger partial charge >= 0.3 is 5.97 Å².